The molecule has 1 saturated carbocycles. The predicted molar refractivity (Wildman–Crippen MR) is 77.3 cm³/mol. The van der Waals surface area contributed by atoms with Crippen LogP contribution in [0.15, 0.2) is 18.2 Å². The Morgan fingerprint density at radius 2 is 2.00 bits per heavy atom. The molecule has 1 fully saturated rings. The number of methoxy groups -OCH3 is 1. The van der Waals surface area contributed by atoms with Crippen molar-refractivity contribution >= 4 is 5.69 Å². The summed E-state index contributed by atoms with van der Waals surface area (Å²) in [6.07, 6.45) is 3.92. The molecule has 1 aromatic carbocycles. The molecule has 2 rings (SSSR count). The molecule has 2 heteroatoms. The molecule has 0 heterocycles. The fourth-order valence-electron chi connectivity index (χ4n) is 3.00. The summed E-state index contributed by atoms with van der Waals surface area (Å²) in [5.41, 5.74) is 2.37. The van der Waals surface area contributed by atoms with Gasteiger partial charge in [0.25, 0.3) is 0 Å². The van der Waals surface area contributed by atoms with E-state index in [1.165, 1.54) is 24.8 Å². The number of aryl methyl sites for hydroxylation is 1. The van der Waals surface area contributed by atoms with Crippen LogP contribution in [0.2, 0.25) is 0 Å². The van der Waals surface area contributed by atoms with Crippen LogP contribution >= 0.6 is 0 Å². The third-order valence-electron chi connectivity index (χ3n) is 4.13. The highest BCUT2D eigenvalue weighted by Gasteiger charge is 2.25. The molecular formula is C16H25NO. The molecule has 0 radical (unpaired) electrons. The molecule has 1 aliphatic carbocycles. The molecule has 3 unspecified atom stereocenters. The van der Waals surface area contributed by atoms with Gasteiger partial charge in [-0.05, 0) is 55.7 Å². The Morgan fingerprint density at radius 3 is 2.67 bits per heavy atom. The van der Waals surface area contributed by atoms with Gasteiger partial charge in [0.2, 0.25) is 0 Å². The number of ether oxygens (including phenoxy) is 1. The van der Waals surface area contributed by atoms with E-state index in [9.17, 15) is 0 Å². The number of rotatable bonds is 3. The lowest BCUT2D eigenvalue weighted by Crippen LogP contribution is -2.33. The summed E-state index contributed by atoms with van der Waals surface area (Å²) in [4.78, 5) is 0. The molecule has 1 aliphatic rings. The minimum absolute atomic E-state index is 0.581. The molecule has 0 bridgehead atoms. The SMILES string of the molecule is COc1cc(C)ccc1NC1CCC(C)CC1C. The van der Waals surface area contributed by atoms with Crippen LogP contribution < -0.4 is 10.1 Å². The zero-order valence-corrected chi connectivity index (χ0v) is 12.0. The van der Waals surface area contributed by atoms with Crippen molar-refractivity contribution in [1.29, 1.82) is 0 Å². The van der Waals surface area contributed by atoms with Gasteiger partial charge in [0.15, 0.2) is 0 Å². The number of anilines is 1. The average molecular weight is 247 g/mol. The van der Waals surface area contributed by atoms with Crippen LogP contribution in [-0.2, 0) is 0 Å². The number of benzene rings is 1. The van der Waals surface area contributed by atoms with Crippen LogP contribution in [0.5, 0.6) is 5.75 Å². The van der Waals surface area contributed by atoms with Crippen molar-refractivity contribution in [2.75, 3.05) is 12.4 Å². The summed E-state index contributed by atoms with van der Waals surface area (Å²) in [5.74, 6) is 2.57. The van der Waals surface area contributed by atoms with Crippen molar-refractivity contribution in [2.24, 2.45) is 11.8 Å². The van der Waals surface area contributed by atoms with Crippen LogP contribution in [0.1, 0.15) is 38.7 Å². The Kier molecular flexibility index (Phi) is 4.15. The summed E-state index contributed by atoms with van der Waals surface area (Å²) in [7, 11) is 1.74. The summed E-state index contributed by atoms with van der Waals surface area (Å²) in [6.45, 7) is 6.81. The topological polar surface area (TPSA) is 21.3 Å². The molecule has 1 N–H and O–H groups in total. The average Bonchev–Trinajstić information content (AvgIpc) is 2.34. The monoisotopic (exact) mass is 247 g/mol. The smallest absolute Gasteiger partial charge is 0.142 e. The predicted octanol–water partition coefficient (Wildman–Crippen LogP) is 4.24. The van der Waals surface area contributed by atoms with E-state index >= 15 is 0 Å². The second-order valence-electron chi connectivity index (χ2n) is 5.85. The zero-order valence-electron chi connectivity index (χ0n) is 12.0. The second-order valence-corrected chi connectivity index (χ2v) is 5.85. The first-order chi connectivity index (χ1) is 8.60. The quantitative estimate of drug-likeness (QED) is 0.862. The Labute approximate surface area is 111 Å². The molecule has 0 saturated heterocycles. The van der Waals surface area contributed by atoms with Crippen molar-refractivity contribution in [3.63, 3.8) is 0 Å². The molecule has 3 atom stereocenters. The fourth-order valence-corrected chi connectivity index (χ4v) is 3.00. The van der Waals surface area contributed by atoms with E-state index in [2.05, 4.69) is 44.3 Å². The van der Waals surface area contributed by atoms with Crippen LogP contribution in [0, 0.1) is 18.8 Å². The zero-order chi connectivity index (χ0) is 13.1. The minimum Gasteiger partial charge on any atom is -0.495 e. The van der Waals surface area contributed by atoms with E-state index in [4.69, 9.17) is 4.74 Å². The van der Waals surface area contributed by atoms with Gasteiger partial charge in [0.05, 0.1) is 12.8 Å². The molecule has 1 aromatic rings. The standard InChI is InChI=1S/C16H25NO/c1-11-5-7-14(13(3)9-11)17-15-8-6-12(2)10-16(15)18-4/h6,8,10-11,13-14,17H,5,7,9H2,1-4H3. The maximum atomic E-state index is 5.46. The molecular weight excluding hydrogens is 222 g/mol. The van der Waals surface area contributed by atoms with Crippen molar-refractivity contribution in [1.82, 2.24) is 0 Å². The number of nitrogens with one attached hydrogen (secondary N) is 1. The summed E-state index contributed by atoms with van der Waals surface area (Å²) < 4.78 is 5.46. The highest BCUT2D eigenvalue weighted by atomic mass is 16.5. The molecule has 100 valence electrons. The van der Waals surface area contributed by atoms with Crippen LogP contribution in [0.25, 0.3) is 0 Å². The largest absolute Gasteiger partial charge is 0.495 e. The van der Waals surface area contributed by atoms with E-state index in [1.807, 2.05) is 0 Å². The first-order valence-electron chi connectivity index (χ1n) is 7.01. The molecule has 2 nitrogen and oxygen atoms in total. The Bertz CT molecular complexity index is 402. The van der Waals surface area contributed by atoms with E-state index in [0.29, 0.717) is 6.04 Å². The van der Waals surface area contributed by atoms with Crippen molar-refractivity contribution < 1.29 is 4.74 Å². The number of hydrogen-bond donors (Lipinski definition) is 1. The fraction of sp³-hybridized carbons (Fsp3) is 0.625. The maximum Gasteiger partial charge on any atom is 0.142 e. The summed E-state index contributed by atoms with van der Waals surface area (Å²) >= 11 is 0. The van der Waals surface area contributed by atoms with Crippen molar-refractivity contribution in [2.45, 2.75) is 46.1 Å². The van der Waals surface area contributed by atoms with Crippen LogP contribution in [0.3, 0.4) is 0 Å². The van der Waals surface area contributed by atoms with Gasteiger partial charge in [-0.15, -0.1) is 0 Å². The summed E-state index contributed by atoms with van der Waals surface area (Å²) in [6, 6.07) is 6.95. The minimum atomic E-state index is 0.581. The highest BCUT2D eigenvalue weighted by molar-refractivity contribution is 5.58. The third-order valence-corrected chi connectivity index (χ3v) is 4.13. The van der Waals surface area contributed by atoms with Gasteiger partial charge in [-0.3, -0.25) is 0 Å². The number of hydrogen-bond acceptors (Lipinski definition) is 2. The Balaban J connectivity index is 2.09. The first kappa shape index (κ1) is 13.3. The van der Waals surface area contributed by atoms with E-state index in [1.54, 1.807) is 7.11 Å². The van der Waals surface area contributed by atoms with Crippen molar-refractivity contribution in [3.8, 4) is 5.75 Å². The lowest BCUT2D eigenvalue weighted by molar-refractivity contribution is 0.276. The van der Waals surface area contributed by atoms with E-state index < -0.39 is 0 Å². The van der Waals surface area contributed by atoms with Gasteiger partial charge < -0.3 is 10.1 Å². The molecule has 0 aliphatic heterocycles. The van der Waals surface area contributed by atoms with Gasteiger partial charge in [-0.2, -0.15) is 0 Å². The van der Waals surface area contributed by atoms with Crippen molar-refractivity contribution in [3.05, 3.63) is 23.8 Å². The lowest BCUT2D eigenvalue weighted by Gasteiger charge is -2.34. The maximum absolute atomic E-state index is 5.46. The molecule has 18 heavy (non-hydrogen) atoms. The molecule has 0 amide bonds. The van der Waals surface area contributed by atoms with Gasteiger partial charge in [-0.25, -0.2) is 0 Å². The third kappa shape index (κ3) is 2.98. The van der Waals surface area contributed by atoms with Gasteiger partial charge in [0, 0.05) is 6.04 Å². The van der Waals surface area contributed by atoms with Crippen LogP contribution in [-0.4, -0.2) is 13.2 Å². The van der Waals surface area contributed by atoms with Gasteiger partial charge in [0.1, 0.15) is 5.75 Å². The second kappa shape index (κ2) is 5.64. The summed E-state index contributed by atoms with van der Waals surface area (Å²) in [5, 5.41) is 3.67. The van der Waals surface area contributed by atoms with E-state index in [-0.39, 0.29) is 0 Å². The van der Waals surface area contributed by atoms with Gasteiger partial charge >= 0.3 is 0 Å². The Morgan fingerprint density at radius 1 is 1.22 bits per heavy atom. The van der Waals surface area contributed by atoms with Crippen LogP contribution in [0.4, 0.5) is 5.69 Å². The normalized spacial score (nSPS) is 27.9. The lowest BCUT2D eigenvalue weighted by atomic mass is 9.80. The molecule has 0 spiro atoms. The van der Waals surface area contributed by atoms with Gasteiger partial charge in [-0.1, -0.05) is 19.9 Å². The first-order valence-corrected chi connectivity index (χ1v) is 7.01. The Hall–Kier alpha value is -1.18. The molecule has 0 aromatic heterocycles. The highest BCUT2D eigenvalue weighted by Crippen LogP contribution is 2.33. The van der Waals surface area contributed by atoms with E-state index in [0.717, 1.165) is 23.3 Å².